The lowest BCUT2D eigenvalue weighted by molar-refractivity contribution is 0.128. The van der Waals surface area contributed by atoms with Crippen molar-refractivity contribution in [2.75, 3.05) is 27.4 Å². The second kappa shape index (κ2) is 21.6. The SMILES string of the molecule is CCCCCCCC/C=C\CCCCCCCCOCCC[Si](OC)(OC)c1ccccc1. The first kappa shape index (κ1) is 30.1. The Morgan fingerprint density at radius 2 is 1.15 bits per heavy atom. The molecule has 0 aliphatic rings. The highest BCUT2D eigenvalue weighted by Gasteiger charge is 2.37. The fourth-order valence-corrected chi connectivity index (χ4v) is 6.97. The zero-order chi connectivity index (χ0) is 23.9. The van der Waals surface area contributed by atoms with E-state index in [0.29, 0.717) is 0 Å². The maximum atomic E-state index is 5.88. The van der Waals surface area contributed by atoms with E-state index in [1.54, 1.807) is 14.2 Å². The molecule has 0 saturated heterocycles. The van der Waals surface area contributed by atoms with Crippen LogP contribution in [0.25, 0.3) is 0 Å². The lowest BCUT2D eigenvalue weighted by Gasteiger charge is -2.27. The van der Waals surface area contributed by atoms with Crippen LogP contribution in [0.3, 0.4) is 0 Å². The van der Waals surface area contributed by atoms with Crippen LogP contribution < -0.4 is 5.19 Å². The molecule has 1 aromatic rings. The van der Waals surface area contributed by atoms with Gasteiger partial charge in [-0.3, -0.25) is 0 Å². The first-order chi connectivity index (χ1) is 16.3. The molecule has 0 aromatic heterocycles. The standard InChI is InChI=1S/C29H52O3Si/c1-4-5-6-7-8-9-10-11-12-13-14-15-16-17-18-22-26-32-27-23-28-33(30-2,31-3)29-24-20-19-21-25-29/h11-12,19-21,24-25H,4-10,13-18,22-23,26-28H2,1-3H3/b12-11-. The normalized spacial score (nSPS) is 12.1. The molecule has 1 rings (SSSR count). The smallest absolute Gasteiger partial charge is 0.372 e. The van der Waals surface area contributed by atoms with Gasteiger partial charge in [0.15, 0.2) is 0 Å². The molecule has 0 fully saturated rings. The van der Waals surface area contributed by atoms with E-state index in [0.717, 1.165) is 25.7 Å². The van der Waals surface area contributed by atoms with Crippen LogP contribution in [-0.4, -0.2) is 36.0 Å². The van der Waals surface area contributed by atoms with Gasteiger partial charge in [0.25, 0.3) is 0 Å². The van der Waals surface area contributed by atoms with Crippen LogP contribution in [0, 0.1) is 0 Å². The average Bonchev–Trinajstić information content (AvgIpc) is 2.86. The third kappa shape index (κ3) is 14.8. The van der Waals surface area contributed by atoms with Crippen molar-refractivity contribution in [3.05, 3.63) is 42.5 Å². The molecule has 0 saturated carbocycles. The molecular weight excluding hydrogens is 424 g/mol. The van der Waals surface area contributed by atoms with Crippen molar-refractivity contribution in [2.45, 2.75) is 109 Å². The molecule has 0 N–H and O–H groups in total. The van der Waals surface area contributed by atoms with Crippen LogP contribution in [0.5, 0.6) is 0 Å². The minimum Gasteiger partial charge on any atom is -0.394 e. The Balaban J connectivity index is 1.90. The molecule has 0 amide bonds. The fraction of sp³-hybridized carbons (Fsp3) is 0.724. The van der Waals surface area contributed by atoms with Crippen LogP contribution in [0.1, 0.15) is 103 Å². The molecule has 0 spiro atoms. The first-order valence-corrected chi connectivity index (χ1v) is 15.7. The highest BCUT2D eigenvalue weighted by Crippen LogP contribution is 2.15. The summed E-state index contributed by atoms with van der Waals surface area (Å²) in [5.74, 6) is 0. The van der Waals surface area contributed by atoms with Crippen molar-refractivity contribution in [1.82, 2.24) is 0 Å². The minimum absolute atomic E-state index is 0.791. The Hall–Kier alpha value is -0.943. The van der Waals surface area contributed by atoms with Gasteiger partial charge in [0, 0.05) is 27.4 Å². The minimum atomic E-state index is -2.32. The number of hydrogen-bond donors (Lipinski definition) is 0. The molecule has 0 atom stereocenters. The highest BCUT2D eigenvalue weighted by atomic mass is 28.4. The summed E-state index contributed by atoms with van der Waals surface area (Å²) in [4.78, 5) is 0. The monoisotopic (exact) mass is 476 g/mol. The van der Waals surface area contributed by atoms with Gasteiger partial charge in [0.05, 0.1) is 0 Å². The predicted octanol–water partition coefficient (Wildman–Crippen LogP) is 8.07. The Bertz CT molecular complexity index is 557. The van der Waals surface area contributed by atoms with Crippen molar-refractivity contribution >= 4 is 13.7 Å². The van der Waals surface area contributed by atoms with Gasteiger partial charge in [0.1, 0.15) is 0 Å². The molecule has 190 valence electrons. The molecule has 0 aliphatic heterocycles. The first-order valence-electron chi connectivity index (χ1n) is 13.7. The molecule has 0 unspecified atom stereocenters. The largest absolute Gasteiger partial charge is 0.394 e. The van der Waals surface area contributed by atoms with Crippen molar-refractivity contribution in [1.29, 1.82) is 0 Å². The summed E-state index contributed by atoms with van der Waals surface area (Å²) >= 11 is 0. The summed E-state index contributed by atoms with van der Waals surface area (Å²) < 4.78 is 17.6. The van der Waals surface area contributed by atoms with E-state index >= 15 is 0 Å². The van der Waals surface area contributed by atoms with E-state index in [4.69, 9.17) is 13.6 Å². The third-order valence-corrected chi connectivity index (χ3v) is 10.0. The number of ether oxygens (including phenoxy) is 1. The number of unbranched alkanes of at least 4 members (excludes halogenated alkanes) is 12. The molecule has 33 heavy (non-hydrogen) atoms. The molecule has 4 heteroatoms. The maximum Gasteiger partial charge on any atom is 0.372 e. The van der Waals surface area contributed by atoms with Gasteiger partial charge in [-0.15, -0.1) is 0 Å². The molecule has 1 aromatic carbocycles. The van der Waals surface area contributed by atoms with Crippen molar-refractivity contribution in [2.24, 2.45) is 0 Å². The van der Waals surface area contributed by atoms with Crippen molar-refractivity contribution in [3.8, 4) is 0 Å². The Morgan fingerprint density at radius 1 is 0.636 bits per heavy atom. The van der Waals surface area contributed by atoms with E-state index in [9.17, 15) is 0 Å². The van der Waals surface area contributed by atoms with Gasteiger partial charge in [-0.2, -0.15) is 0 Å². The molecule has 0 radical (unpaired) electrons. The van der Waals surface area contributed by atoms with E-state index in [1.807, 2.05) is 6.07 Å². The number of allylic oxidation sites excluding steroid dienone is 2. The second-order valence-corrected chi connectivity index (χ2v) is 12.6. The summed E-state index contributed by atoms with van der Waals surface area (Å²) in [6, 6.07) is 11.3. The lowest BCUT2D eigenvalue weighted by Crippen LogP contribution is -2.52. The summed E-state index contributed by atoms with van der Waals surface area (Å²) in [6.45, 7) is 3.95. The summed E-state index contributed by atoms with van der Waals surface area (Å²) in [5, 5.41) is 1.20. The topological polar surface area (TPSA) is 27.7 Å². The van der Waals surface area contributed by atoms with E-state index in [-0.39, 0.29) is 0 Å². The fourth-order valence-electron chi connectivity index (χ4n) is 4.32. The molecule has 0 aliphatic carbocycles. The van der Waals surface area contributed by atoms with Gasteiger partial charge in [-0.25, -0.2) is 0 Å². The van der Waals surface area contributed by atoms with E-state index < -0.39 is 8.56 Å². The Morgan fingerprint density at radius 3 is 1.73 bits per heavy atom. The summed E-state index contributed by atoms with van der Waals surface area (Å²) in [6.07, 6.45) is 24.6. The lowest BCUT2D eigenvalue weighted by atomic mass is 10.1. The molecule has 3 nitrogen and oxygen atoms in total. The number of rotatable bonds is 23. The molecule has 0 bridgehead atoms. The van der Waals surface area contributed by atoms with E-state index in [2.05, 4.69) is 43.3 Å². The zero-order valence-corrected chi connectivity index (χ0v) is 23.0. The third-order valence-electron chi connectivity index (χ3n) is 6.47. The van der Waals surface area contributed by atoms with Gasteiger partial charge in [-0.1, -0.05) is 107 Å². The quantitative estimate of drug-likeness (QED) is 0.0907. The molecular formula is C29H52O3Si. The Kier molecular flexibility index (Phi) is 19.7. The van der Waals surface area contributed by atoms with Crippen LogP contribution in [-0.2, 0) is 13.6 Å². The van der Waals surface area contributed by atoms with Crippen molar-refractivity contribution < 1.29 is 13.6 Å². The van der Waals surface area contributed by atoms with Gasteiger partial charge in [-0.05, 0) is 49.8 Å². The predicted molar refractivity (Wildman–Crippen MR) is 146 cm³/mol. The maximum absolute atomic E-state index is 5.88. The average molecular weight is 477 g/mol. The summed E-state index contributed by atoms with van der Waals surface area (Å²) in [7, 11) is 1.23. The number of benzene rings is 1. The zero-order valence-electron chi connectivity index (χ0n) is 22.0. The van der Waals surface area contributed by atoms with Gasteiger partial charge >= 0.3 is 8.56 Å². The second-order valence-electron chi connectivity index (χ2n) is 9.18. The van der Waals surface area contributed by atoms with Gasteiger partial charge in [0.2, 0.25) is 0 Å². The van der Waals surface area contributed by atoms with Gasteiger partial charge < -0.3 is 13.6 Å². The highest BCUT2D eigenvalue weighted by molar-refractivity contribution is 6.81. The van der Waals surface area contributed by atoms with E-state index in [1.165, 1.54) is 95.1 Å². The van der Waals surface area contributed by atoms with Crippen LogP contribution in [0.2, 0.25) is 6.04 Å². The number of hydrogen-bond acceptors (Lipinski definition) is 3. The summed E-state index contributed by atoms with van der Waals surface area (Å²) in [5.41, 5.74) is 0. The molecule has 0 heterocycles. The van der Waals surface area contributed by atoms with Crippen LogP contribution in [0.15, 0.2) is 42.5 Å². The Labute approximate surface area is 206 Å². The van der Waals surface area contributed by atoms with Crippen molar-refractivity contribution in [3.63, 3.8) is 0 Å². The van der Waals surface area contributed by atoms with Crippen LogP contribution in [0.4, 0.5) is 0 Å². The van der Waals surface area contributed by atoms with Crippen LogP contribution >= 0.6 is 0 Å².